The smallest absolute Gasteiger partial charge is 0.273 e. The number of likely N-dealkylation sites (N-methyl/N-ethyl adjacent to an activating group) is 1. The summed E-state index contributed by atoms with van der Waals surface area (Å²) in [7, 11) is -0.842. The largest absolute Gasteiger partial charge is 0.545 e. The SMILES string of the molecule is CCN(CC)CC1=C(O[Si](C)C)C(C(C)(C)C)CC1=O. The van der Waals surface area contributed by atoms with Crippen molar-refractivity contribution in [3.63, 3.8) is 0 Å². The molecule has 0 aromatic carbocycles. The molecule has 1 aliphatic rings. The van der Waals surface area contributed by atoms with Crippen molar-refractivity contribution < 1.29 is 9.22 Å². The van der Waals surface area contributed by atoms with Gasteiger partial charge in [0.2, 0.25) is 0 Å². The Morgan fingerprint density at radius 1 is 1.25 bits per heavy atom. The summed E-state index contributed by atoms with van der Waals surface area (Å²) >= 11 is 0. The van der Waals surface area contributed by atoms with Gasteiger partial charge in [0.25, 0.3) is 9.04 Å². The lowest BCUT2D eigenvalue weighted by atomic mass is 9.79. The Balaban J connectivity index is 3.10. The molecule has 0 amide bonds. The molecule has 0 saturated heterocycles. The van der Waals surface area contributed by atoms with Crippen molar-refractivity contribution in [1.29, 1.82) is 0 Å². The molecule has 0 bridgehead atoms. The first-order valence-corrected chi connectivity index (χ1v) is 10.1. The fourth-order valence-corrected chi connectivity index (χ4v) is 3.34. The van der Waals surface area contributed by atoms with E-state index in [1.807, 2.05) is 0 Å². The molecule has 1 aliphatic carbocycles. The molecule has 1 unspecified atom stereocenters. The highest BCUT2D eigenvalue weighted by Gasteiger charge is 2.40. The zero-order valence-corrected chi connectivity index (χ0v) is 15.2. The maximum Gasteiger partial charge on any atom is 0.273 e. The summed E-state index contributed by atoms with van der Waals surface area (Å²) in [6.07, 6.45) is 0.616. The van der Waals surface area contributed by atoms with Crippen LogP contribution in [0.25, 0.3) is 0 Å². The monoisotopic (exact) mass is 296 g/mol. The first-order valence-electron chi connectivity index (χ1n) is 7.67. The zero-order valence-electron chi connectivity index (χ0n) is 14.2. The molecule has 0 fully saturated rings. The molecule has 4 heteroatoms. The van der Waals surface area contributed by atoms with Crippen LogP contribution in [-0.4, -0.2) is 39.4 Å². The van der Waals surface area contributed by atoms with Crippen LogP contribution < -0.4 is 0 Å². The van der Waals surface area contributed by atoms with Crippen LogP contribution in [0.4, 0.5) is 0 Å². The maximum absolute atomic E-state index is 12.4. The molecule has 0 heterocycles. The predicted molar refractivity (Wildman–Crippen MR) is 86.0 cm³/mol. The molecule has 3 nitrogen and oxygen atoms in total. The van der Waals surface area contributed by atoms with Crippen LogP contribution in [0.15, 0.2) is 11.3 Å². The Hall–Kier alpha value is -0.613. The Morgan fingerprint density at radius 2 is 1.80 bits per heavy atom. The predicted octanol–water partition coefficient (Wildman–Crippen LogP) is 3.49. The summed E-state index contributed by atoms with van der Waals surface area (Å²) in [5, 5.41) is 0. The van der Waals surface area contributed by atoms with E-state index in [1.54, 1.807) is 0 Å². The second-order valence-electron chi connectivity index (χ2n) is 6.86. The molecule has 0 aromatic heterocycles. The summed E-state index contributed by atoms with van der Waals surface area (Å²) < 4.78 is 6.16. The Morgan fingerprint density at radius 3 is 2.20 bits per heavy atom. The van der Waals surface area contributed by atoms with Crippen molar-refractivity contribution in [2.45, 2.75) is 54.1 Å². The summed E-state index contributed by atoms with van der Waals surface area (Å²) in [5.41, 5.74) is 1.01. The Labute approximate surface area is 126 Å². The number of nitrogens with zero attached hydrogens (tertiary/aromatic N) is 1. The van der Waals surface area contributed by atoms with E-state index in [1.165, 1.54) is 0 Å². The van der Waals surface area contributed by atoms with Gasteiger partial charge in [0.1, 0.15) is 0 Å². The minimum Gasteiger partial charge on any atom is -0.545 e. The van der Waals surface area contributed by atoms with E-state index in [2.05, 4.69) is 52.6 Å². The molecule has 0 spiro atoms. The minimum atomic E-state index is -0.842. The van der Waals surface area contributed by atoms with Crippen LogP contribution in [-0.2, 0) is 9.22 Å². The molecule has 0 aliphatic heterocycles. The van der Waals surface area contributed by atoms with Crippen molar-refractivity contribution in [1.82, 2.24) is 4.90 Å². The first kappa shape index (κ1) is 17.4. The van der Waals surface area contributed by atoms with E-state index >= 15 is 0 Å². The standard InChI is InChI=1S/C16H30NO2Si/c1-8-17(9-2)11-12-14(18)10-13(16(3,4)5)15(12)19-20(6)7/h13H,8-11H2,1-7H3. The quantitative estimate of drug-likeness (QED) is 0.703. The summed E-state index contributed by atoms with van der Waals surface area (Å²) in [6.45, 7) is 17.8. The fourth-order valence-electron chi connectivity index (χ4n) is 2.64. The molecule has 0 saturated carbocycles. The van der Waals surface area contributed by atoms with E-state index < -0.39 is 9.04 Å². The van der Waals surface area contributed by atoms with Gasteiger partial charge in [0.15, 0.2) is 5.78 Å². The highest BCUT2D eigenvalue weighted by molar-refractivity contribution is 6.48. The molecule has 20 heavy (non-hydrogen) atoms. The number of carbonyl (C=O) groups excluding carboxylic acids is 1. The van der Waals surface area contributed by atoms with Crippen LogP contribution in [0.5, 0.6) is 0 Å². The van der Waals surface area contributed by atoms with Gasteiger partial charge in [-0.05, 0) is 31.6 Å². The van der Waals surface area contributed by atoms with Crippen LogP contribution in [0.2, 0.25) is 13.1 Å². The highest BCUT2D eigenvalue weighted by Crippen LogP contribution is 2.42. The van der Waals surface area contributed by atoms with Gasteiger partial charge in [0.05, 0.1) is 5.76 Å². The molecule has 1 radical (unpaired) electrons. The molecule has 1 atom stereocenters. The lowest BCUT2D eigenvalue weighted by molar-refractivity contribution is -0.116. The molecule has 0 N–H and O–H groups in total. The second-order valence-corrected chi connectivity index (χ2v) is 8.88. The molecule has 1 rings (SSSR count). The molecular formula is C16H30NO2Si. The normalized spacial score (nSPS) is 20.4. The van der Waals surface area contributed by atoms with Crippen LogP contribution in [0, 0.1) is 11.3 Å². The second kappa shape index (κ2) is 6.90. The lowest BCUT2D eigenvalue weighted by Gasteiger charge is -2.30. The minimum absolute atomic E-state index is 0.0767. The van der Waals surface area contributed by atoms with Crippen molar-refractivity contribution in [2.75, 3.05) is 19.6 Å². The van der Waals surface area contributed by atoms with Gasteiger partial charge in [-0.2, -0.15) is 0 Å². The molecule has 0 aromatic rings. The van der Waals surface area contributed by atoms with Crippen molar-refractivity contribution >= 4 is 14.8 Å². The van der Waals surface area contributed by atoms with E-state index in [9.17, 15) is 4.79 Å². The summed E-state index contributed by atoms with van der Waals surface area (Å²) in [5.74, 6) is 1.52. The Kier molecular flexibility index (Phi) is 6.01. The van der Waals surface area contributed by atoms with E-state index in [4.69, 9.17) is 4.43 Å². The van der Waals surface area contributed by atoms with Crippen molar-refractivity contribution in [2.24, 2.45) is 11.3 Å². The van der Waals surface area contributed by atoms with E-state index in [0.717, 1.165) is 31.0 Å². The number of allylic oxidation sites excluding steroid dienone is 1. The van der Waals surface area contributed by atoms with Crippen LogP contribution in [0.3, 0.4) is 0 Å². The lowest BCUT2D eigenvalue weighted by Crippen LogP contribution is -2.28. The number of hydrogen-bond donors (Lipinski definition) is 0. The number of Topliss-reactive ketones (excluding diaryl/α,β-unsaturated/α-hetero) is 1. The third-order valence-corrected chi connectivity index (χ3v) is 4.60. The van der Waals surface area contributed by atoms with Crippen LogP contribution >= 0.6 is 0 Å². The number of carbonyl (C=O) groups is 1. The number of hydrogen-bond acceptors (Lipinski definition) is 3. The molecular weight excluding hydrogens is 266 g/mol. The summed E-state index contributed by atoms with van der Waals surface area (Å²) in [6, 6.07) is 0. The average Bonchev–Trinajstić information content (AvgIpc) is 2.62. The van der Waals surface area contributed by atoms with Gasteiger partial charge >= 0.3 is 0 Å². The molecule has 115 valence electrons. The van der Waals surface area contributed by atoms with Gasteiger partial charge in [-0.1, -0.05) is 34.6 Å². The topological polar surface area (TPSA) is 29.5 Å². The van der Waals surface area contributed by atoms with Gasteiger partial charge < -0.3 is 4.43 Å². The van der Waals surface area contributed by atoms with Gasteiger partial charge in [0, 0.05) is 24.5 Å². The van der Waals surface area contributed by atoms with Crippen molar-refractivity contribution in [3.8, 4) is 0 Å². The number of rotatable bonds is 6. The fraction of sp³-hybridized carbons (Fsp3) is 0.812. The van der Waals surface area contributed by atoms with Gasteiger partial charge in [-0.15, -0.1) is 0 Å². The van der Waals surface area contributed by atoms with Crippen molar-refractivity contribution in [3.05, 3.63) is 11.3 Å². The number of ketones is 1. The third kappa shape index (κ3) is 4.19. The van der Waals surface area contributed by atoms with E-state index in [-0.39, 0.29) is 17.1 Å². The van der Waals surface area contributed by atoms with Gasteiger partial charge in [-0.3, -0.25) is 9.69 Å². The highest BCUT2D eigenvalue weighted by atomic mass is 28.3. The average molecular weight is 297 g/mol. The van der Waals surface area contributed by atoms with Crippen LogP contribution in [0.1, 0.15) is 41.0 Å². The van der Waals surface area contributed by atoms with Gasteiger partial charge in [-0.25, -0.2) is 0 Å². The zero-order chi connectivity index (χ0) is 15.5. The maximum atomic E-state index is 12.4. The Bertz CT molecular complexity index is 378. The third-order valence-electron chi connectivity index (χ3n) is 3.98. The summed E-state index contributed by atoms with van der Waals surface area (Å²) in [4.78, 5) is 14.7. The first-order chi connectivity index (χ1) is 9.20. The van der Waals surface area contributed by atoms with E-state index in [0.29, 0.717) is 6.42 Å².